The van der Waals surface area contributed by atoms with Crippen LogP contribution in [0.25, 0.3) is 10.4 Å². The van der Waals surface area contributed by atoms with Crippen LogP contribution in [0.1, 0.15) is 12.0 Å². The molecule has 3 saturated heterocycles. The van der Waals surface area contributed by atoms with E-state index in [-0.39, 0.29) is 11.9 Å². The summed E-state index contributed by atoms with van der Waals surface area (Å²) in [6, 6.07) is 8.39. The van der Waals surface area contributed by atoms with E-state index in [1.807, 2.05) is 6.20 Å². The summed E-state index contributed by atoms with van der Waals surface area (Å²) in [6.45, 7) is 6.81. The van der Waals surface area contributed by atoms with Gasteiger partial charge in [-0.3, -0.25) is 19.5 Å². The van der Waals surface area contributed by atoms with Crippen molar-refractivity contribution in [1.82, 2.24) is 19.7 Å². The predicted molar refractivity (Wildman–Crippen MR) is 112 cm³/mol. The third kappa shape index (κ3) is 3.62. The summed E-state index contributed by atoms with van der Waals surface area (Å²) in [6.07, 6.45) is 5.36. The molecule has 5 rings (SSSR count). The topological polar surface area (TPSA) is 66.7 Å². The summed E-state index contributed by atoms with van der Waals surface area (Å²) in [5.74, 6) is 0.0589. The zero-order chi connectivity index (χ0) is 19.8. The molecule has 3 aliphatic rings. The smallest absolute Gasteiger partial charge is 0.248 e. The summed E-state index contributed by atoms with van der Waals surface area (Å²) in [7, 11) is 0. The Labute approximate surface area is 174 Å². The molecule has 1 amide bonds. The third-order valence-corrected chi connectivity index (χ3v) is 7.15. The van der Waals surface area contributed by atoms with E-state index in [2.05, 4.69) is 45.2 Å². The Balaban J connectivity index is 1.33. The van der Waals surface area contributed by atoms with E-state index in [1.54, 1.807) is 21.1 Å². The fourth-order valence-electron chi connectivity index (χ4n) is 4.27. The van der Waals surface area contributed by atoms with Crippen molar-refractivity contribution in [2.75, 3.05) is 50.7 Å². The maximum absolute atomic E-state index is 13.1. The maximum atomic E-state index is 13.1. The Hall–Kier alpha value is -2.47. The fourth-order valence-corrected chi connectivity index (χ4v) is 5.21. The SMILES string of the molecule is N#CN1CCN2CCN(c3ncc(-c4cccc(CN5CCC5)c4)s3)C(=O)[C@H]2C1. The molecule has 1 aromatic carbocycles. The highest BCUT2D eigenvalue weighted by molar-refractivity contribution is 7.19. The van der Waals surface area contributed by atoms with Crippen molar-refractivity contribution in [3.05, 3.63) is 36.0 Å². The van der Waals surface area contributed by atoms with Gasteiger partial charge in [0.05, 0.1) is 11.4 Å². The van der Waals surface area contributed by atoms with Gasteiger partial charge in [-0.15, -0.1) is 0 Å². The predicted octanol–water partition coefficient (Wildman–Crippen LogP) is 1.83. The van der Waals surface area contributed by atoms with Crippen molar-refractivity contribution in [3.63, 3.8) is 0 Å². The Morgan fingerprint density at radius 2 is 2.03 bits per heavy atom. The summed E-state index contributed by atoms with van der Waals surface area (Å²) in [4.78, 5) is 26.9. The molecule has 3 aliphatic heterocycles. The number of likely N-dealkylation sites (tertiary alicyclic amines) is 1. The molecule has 0 saturated carbocycles. The molecule has 29 heavy (non-hydrogen) atoms. The summed E-state index contributed by atoms with van der Waals surface area (Å²) >= 11 is 1.57. The van der Waals surface area contributed by atoms with E-state index in [0.29, 0.717) is 19.6 Å². The number of anilines is 1. The monoisotopic (exact) mass is 408 g/mol. The second kappa shape index (κ2) is 7.75. The van der Waals surface area contributed by atoms with Crippen molar-refractivity contribution in [2.45, 2.75) is 19.0 Å². The lowest BCUT2D eigenvalue weighted by atomic mass is 10.1. The molecule has 4 heterocycles. The Kier molecular flexibility index (Phi) is 4.96. The minimum absolute atomic E-state index is 0.0589. The molecule has 150 valence electrons. The lowest BCUT2D eigenvalue weighted by Crippen LogP contribution is -2.64. The number of benzene rings is 1. The van der Waals surface area contributed by atoms with Gasteiger partial charge in [-0.1, -0.05) is 29.5 Å². The van der Waals surface area contributed by atoms with E-state index >= 15 is 0 Å². The van der Waals surface area contributed by atoms with Crippen LogP contribution >= 0.6 is 11.3 Å². The Morgan fingerprint density at radius 1 is 1.17 bits per heavy atom. The number of rotatable bonds is 4. The number of fused-ring (bicyclic) bond motifs is 1. The highest BCUT2D eigenvalue weighted by atomic mass is 32.1. The van der Waals surface area contributed by atoms with Crippen LogP contribution in [0.5, 0.6) is 0 Å². The molecule has 0 bridgehead atoms. The van der Waals surface area contributed by atoms with Gasteiger partial charge >= 0.3 is 0 Å². The normalized spacial score (nSPS) is 22.9. The number of hydrogen-bond donors (Lipinski definition) is 0. The van der Waals surface area contributed by atoms with Crippen molar-refractivity contribution < 1.29 is 4.79 Å². The summed E-state index contributed by atoms with van der Waals surface area (Å²) in [5, 5.41) is 9.95. The van der Waals surface area contributed by atoms with Crippen LogP contribution in [-0.4, -0.2) is 77.4 Å². The lowest BCUT2D eigenvalue weighted by Gasteiger charge is -2.44. The van der Waals surface area contributed by atoms with Crippen LogP contribution in [0.15, 0.2) is 30.5 Å². The minimum atomic E-state index is -0.246. The van der Waals surface area contributed by atoms with Gasteiger partial charge in [0.2, 0.25) is 5.91 Å². The Morgan fingerprint density at radius 3 is 2.83 bits per heavy atom. The molecule has 0 spiro atoms. The number of hydrogen-bond acceptors (Lipinski definition) is 7. The van der Waals surface area contributed by atoms with Gasteiger partial charge < -0.3 is 4.90 Å². The second-order valence-corrected chi connectivity index (χ2v) is 8.93. The van der Waals surface area contributed by atoms with Gasteiger partial charge in [-0.05, 0) is 36.7 Å². The summed E-state index contributed by atoms with van der Waals surface area (Å²) < 4.78 is 0. The standard InChI is InChI=1S/C21H24N6OS/c22-15-25-7-8-26-9-10-27(20(28)18(26)14-25)21-23-12-19(29-21)17-4-1-3-16(11-17)13-24-5-2-6-24/h1,3-4,11-12,18H,2,5-10,13-14H2/t18-/m1/s1. The number of piperazine rings is 2. The van der Waals surface area contributed by atoms with E-state index in [0.717, 1.165) is 35.2 Å². The van der Waals surface area contributed by atoms with Crippen LogP contribution in [0.3, 0.4) is 0 Å². The van der Waals surface area contributed by atoms with E-state index in [9.17, 15) is 10.1 Å². The molecule has 3 fully saturated rings. The lowest BCUT2D eigenvalue weighted by molar-refractivity contribution is -0.127. The molecule has 8 heteroatoms. The second-order valence-electron chi connectivity index (χ2n) is 7.92. The maximum Gasteiger partial charge on any atom is 0.248 e. The quantitative estimate of drug-likeness (QED) is 0.719. The van der Waals surface area contributed by atoms with Gasteiger partial charge in [0.15, 0.2) is 11.3 Å². The highest BCUT2D eigenvalue weighted by Gasteiger charge is 2.39. The van der Waals surface area contributed by atoms with Crippen LogP contribution in [0.4, 0.5) is 5.13 Å². The number of carbonyl (C=O) groups excluding carboxylic acids is 1. The van der Waals surface area contributed by atoms with Crippen molar-refractivity contribution in [1.29, 1.82) is 5.26 Å². The molecule has 7 nitrogen and oxygen atoms in total. The molecule has 0 unspecified atom stereocenters. The van der Waals surface area contributed by atoms with Crippen LogP contribution in [0, 0.1) is 11.5 Å². The highest BCUT2D eigenvalue weighted by Crippen LogP contribution is 2.33. The zero-order valence-electron chi connectivity index (χ0n) is 16.3. The Bertz CT molecular complexity index is 949. The molecule has 0 radical (unpaired) electrons. The molecule has 1 atom stereocenters. The number of thiazole rings is 1. The van der Waals surface area contributed by atoms with E-state index in [1.165, 1.54) is 25.1 Å². The molecule has 2 aromatic rings. The van der Waals surface area contributed by atoms with Gasteiger partial charge in [0.25, 0.3) is 0 Å². The number of nitrogens with zero attached hydrogens (tertiary/aromatic N) is 6. The first-order valence-electron chi connectivity index (χ1n) is 10.2. The van der Waals surface area contributed by atoms with Gasteiger partial charge in [0.1, 0.15) is 6.04 Å². The van der Waals surface area contributed by atoms with E-state index < -0.39 is 0 Å². The molecular formula is C21H24N6OS. The fraction of sp³-hybridized carbons (Fsp3) is 0.476. The van der Waals surface area contributed by atoms with Gasteiger partial charge in [-0.2, -0.15) is 5.26 Å². The number of amides is 1. The molecule has 0 aliphatic carbocycles. The number of aromatic nitrogens is 1. The first kappa shape index (κ1) is 18.6. The van der Waals surface area contributed by atoms with Gasteiger partial charge in [-0.25, -0.2) is 4.98 Å². The van der Waals surface area contributed by atoms with Crippen LogP contribution in [0.2, 0.25) is 0 Å². The first-order chi connectivity index (χ1) is 14.2. The average Bonchev–Trinajstić information content (AvgIpc) is 3.21. The minimum Gasteiger partial charge on any atom is -0.307 e. The van der Waals surface area contributed by atoms with E-state index in [4.69, 9.17) is 0 Å². The average molecular weight is 409 g/mol. The van der Waals surface area contributed by atoms with Crippen molar-refractivity contribution in [2.24, 2.45) is 0 Å². The largest absolute Gasteiger partial charge is 0.307 e. The van der Waals surface area contributed by atoms with Gasteiger partial charge in [0, 0.05) is 38.9 Å². The third-order valence-electron chi connectivity index (χ3n) is 6.09. The van der Waals surface area contributed by atoms with Crippen LogP contribution in [-0.2, 0) is 11.3 Å². The molecule has 0 N–H and O–H groups in total. The van der Waals surface area contributed by atoms with Crippen molar-refractivity contribution in [3.8, 4) is 16.6 Å². The molecule has 1 aromatic heterocycles. The molecular weight excluding hydrogens is 384 g/mol. The first-order valence-corrected chi connectivity index (χ1v) is 11.0. The zero-order valence-corrected chi connectivity index (χ0v) is 17.1. The number of carbonyl (C=O) groups is 1. The van der Waals surface area contributed by atoms with Crippen LogP contribution < -0.4 is 4.90 Å². The number of nitriles is 1. The van der Waals surface area contributed by atoms with Crippen molar-refractivity contribution >= 4 is 22.4 Å². The summed E-state index contributed by atoms with van der Waals surface area (Å²) in [5.41, 5.74) is 2.48.